The summed E-state index contributed by atoms with van der Waals surface area (Å²) in [4.78, 5) is 36.9. The minimum atomic E-state index is -0.611. The van der Waals surface area contributed by atoms with Crippen molar-refractivity contribution in [2.24, 2.45) is 0 Å². The summed E-state index contributed by atoms with van der Waals surface area (Å²) in [7, 11) is 0. The first-order valence-electron chi connectivity index (χ1n) is 6.20. The molecule has 2 heterocycles. The largest absolute Gasteiger partial charge is 0.429 e. The second kappa shape index (κ2) is 4.82. The average Bonchev–Trinajstić information content (AvgIpc) is 2.76. The van der Waals surface area contributed by atoms with E-state index in [9.17, 15) is 14.4 Å². The van der Waals surface area contributed by atoms with Crippen LogP contribution in [0.1, 0.15) is 28.8 Å². The van der Waals surface area contributed by atoms with Gasteiger partial charge in [-0.05, 0) is 18.6 Å². The Hall–Kier alpha value is -2.02. The van der Waals surface area contributed by atoms with Crippen LogP contribution < -0.4 is 9.50 Å². The molecule has 1 aromatic carbocycles. The fraction of sp³-hybridized carbons (Fsp3) is 0.308. The summed E-state index contributed by atoms with van der Waals surface area (Å²) in [6, 6.07) is 4.50. The standard InChI is InChI=1S/C13H12N2O4S/c16-11-5-4-9(12(17)14-11)15-6-8-7(13(15)18)2-1-3-10(8)19-20/h1-3,9,20H,4-6H2,(H,14,16,17). The Morgan fingerprint density at radius 2 is 2.10 bits per heavy atom. The number of imide groups is 1. The molecule has 2 aliphatic heterocycles. The molecule has 0 aromatic heterocycles. The molecule has 1 saturated heterocycles. The molecule has 1 aromatic rings. The molecule has 1 N–H and O–H groups in total. The lowest BCUT2D eigenvalue weighted by molar-refractivity contribution is -0.136. The molecule has 1 atom stereocenters. The van der Waals surface area contributed by atoms with Crippen LogP contribution in [-0.2, 0) is 16.1 Å². The molecule has 104 valence electrons. The number of benzene rings is 1. The molecule has 0 bridgehead atoms. The fourth-order valence-electron chi connectivity index (χ4n) is 2.64. The van der Waals surface area contributed by atoms with Crippen LogP contribution in [0.5, 0.6) is 5.75 Å². The van der Waals surface area contributed by atoms with Crippen molar-refractivity contribution in [3.05, 3.63) is 29.3 Å². The van der Waals surface area contributed by atoms with Crippen LogP contribution in [0, 0.1) is 0 Å². The number of fused-ring (bicyclic) bond motifs is 1. The van der Waals surface area contributed by atoms with Crippen molar-refractivity contribution in [3.8, 4) is 5.75 Å². The Kier molecular flexibility index (Phi) is 3.13. The van der Waals surface area contributed by atoms with Gasteiger partial charge in [0.2, 0.25) is 11.8 Å². The van der Waals surface area contributed by atoms with Gasteiger partial charge in [-0.3, -0.25) is 19.7 Å². The van der Waals surface area contributed by atoms with Crippen LogP contribution in [0.15, 0.2) is 18.2 Å². The fourth-order valence-corrected chi connectivity index (χ4v) is 2.81. The number of rotatable bonds is 2. The second-order valence-electron chi connectivity index (χ2n) is 4.77. The summed E-state index contributed by atoms with van der Waals surface area (Å²) in [5.74, 6) is -0.429. The van der Waals surface area contributed by atoms with Gasteiger partial charge in [0.25, 0.3) is 5.91 Å². The van der Waals surface area contributed by atoms with Gasteiger partial charge in [-0.25, -0.2) is 0 Å². The highest BCUT2D eigenvalue weighted by molar-refractivity contribution is 7.75. The molecular weight excluding hydrogens is 280 g/mol. The van der Waals surface area contributed by atoms with E-state index in [1.165, 1.54) is 4.90 Å². The number of amides is 3. The van der Waals surface area contributed by atoms with Crippen molar-refractivity contribution >= 4 is 30.6 Å². The van der Waals surface area contributed by atoms with Crippen LogP contribution in [0.25, 0.3) is 0 Å². The lowest BCUT2D eigenvalue weighted by Crippen LogP contribution is -2.52. The van der Waals surface area contributed by atoms with Crippen LogP contribution in [-0.4, -0.2) is 28.7 Å². The Morgan fingerprint density at radius 3 is 2.80 bits per heavy atom. The highest BCUT2D eigenvalue weighted by atomic mass is 32.1. The van der Waals surface area contributed by atoms with Crippen molar-refractivity contribution < 1.29 is 18.6 Å². The number of nitrogens with one attached hydrogen (secondary N) is 1. The molecule has 0 aliphatic carbocycles. The molecule has 1 unspecified atom stereocenters. The Labute approximate surface area is 120 Å². The smallest absolute Gasteiger partial charge is 0.255 e. The minimum absolute atomic E-state index is 0.221. The zero-order valence-electron chi connectivity index (χ0n) is 10.5. The molecule has 3 amide bonds. The summed E-state index contributed by atoms with van der Waals surface area (Å²) in [5, 5.41) is 2.26. The van der Waals surface area contributed by atoms with Gasteiger partial charge in [-0.2, -0.15) is 0 Å². The summed E-state index contributed by atoms with van der Waals surface area (Å²) in [5.41, 5.74) is 1.23. The number of carbonyl (C=O) groups excluding carboxylic acids is 3. The molecule has 7 heteroatoms. The van der Waals surface area contributed by atoms with Gasteiger partial charge in [0, 0.05) is 30.5 Å². The lowest BCUT2D eigenvalue weighted by Gasteiger charge is -2.29. The quantitative estimate of drug-likeness (QED) is 0.477. The molecule has 3 rings (SSSR count). The summed E-state index contributed by atoms with van der Waals surface area (Å²) in [6.45, 7) is 0.289. The third-order valence-corrected chi connectivity index (χ3v) is 3.83. The number of hydrogen-bond donors (Lipinski definition) is 2. The van der Waals surface area contributed by atoms with Crippen molar-refractivity contribution in [3.63, 3.8) is 0 Å². The van der Waals surface area contributed by atoms with Gasteiger partial charge in [0.15, 0.2) is 0 Å². The highest BCUT2D eigenvalue weighted by Gasteiger charge is 2.40. The van der Waals surface area contributed by atoms with E-state index in [0.717, 1.165) is 5.56 Å². The van der Waals surface area contributed by atoms with Crippen LogP contribution >= 0.6 is 12.9 Å². The number of hydrogen-bond acceptors (Lipinski definition) is 5. The van der Waals surface area contributed by atoms with E-state index in [2.05, 4.69) is 18.2 Å². The van der Waals surface area contributed by atoms with E-state index in [1.54, 1.807) is 18.2 Å². The summed E-state index contributed by atoms with van der Waals surface area (Å²) in [6.07, 6.45) is 0.591. The zero-order chi connectivity index (χ0) is 14.3. The van der Waals surface area contributed by atoms with Crippen LogP contribution in [0.4, 0.5) is 0 Å². The topological polar surface area (TPSA) is 75.7 Å². The van der Waals surface area contributed by atoms with Gasteiger partial charge >= 0.3 is 0 Å². The van der Waals surface area contributed by atoms with Crippen molar-refractivity contribution in [1.82, 2.24) is 10.2 Å². The summed E-state index contributed by atoms with van der Waals surface area (Å²) < 4.78 is 4.95. The predicted molar refractivity (Wildman–Crippen MR) is 72.1 cm³/mol. The van der Waals surface area contributed by atoms with E-state index >= 15 is 0 Å². The number of carbonyl (C=O) groups is 3. The minimum Gasteiger partial charge on any atom is -0.429 e. The maximum absolute atomic E-state index is 12.4. The average molecular weight is 292 g/mol. The predicted octanol–water partition coefficient (Wildman–Crippen LogP) is 0.671. The molecule has 6 nitrogen and oxygen atoms in total. The molecule has 0 radical (unpaired) electrons. The second-order valence-corrected chi connectivity index (χ2v) is 4.96. The van der Waals surface area contributed by atoms with Crippen molar-refractivity contribution in [1.29, 1.82) is 0 Å². The molecule has 2 aliphatic rings. The van der Waals surface area contributed by atoms with Gasteiger partial charge in [0.05, 0.1) is 6.54 Å². The first kappa shape index (κ1) is 13.0. The first-order chi connectivity index (χ1) is 9.61. The van der Waals surface area contributed by atoms with Crippen molar-refractivity contribution in [2.45, 2.75) is 25.4 Å². The SMILES string of the molecule is O=C1CCC(N2Cc3c(OS)cccc3C2=O)C(=O)N1. The zero-order valence-corrected chi connectivity index (χ0v) is 11.4. The van der Waals surface area contributed by atoms with Gasteiger partial charge in [-0.1, -0.05) is 6.07 Å². The Balaban J connectivity index is 1.90. The van der Waals surface area contributed by atoms with E-state index in [1.807, 2.05) is 0 Å². The number of thiol groups is 1. The monoisotopic (exact) mass is 292 g/mol. The molecule has 0 spiro atoms. The maximum atomic E-state index is 12.4. The molecule has 1 fully saturated rings. The first-order valence-corrected chi connectivity index (χ1v) is 6.56. The lowest BCUT2D eigenvalue weighted by atomic mass is 10.0. The van der Waals surface area contributed by atoms with Crippen LogP contribution in [0.2, 0.25) is 0 Å². The summed E-state index contributed by atoms with van der Waals surface area (Å²) >= 11 is 3.77. The van der Waals surface area contributed by atoms with Gasteiger partial charge in [0.1, 0.15) is 11.8 Å². The van der Waals surface area contributed by atoms with Crippen molar-refractivity contribution in [2.75, 3.05) is 0 Å². The molecule has 20 heavy (non-hydrogen) atoms. The number of piperidine rings is 1. The van der Waals surface area contributed by atoms with E-state index in [4.69, 9.17) is 4.18 Å². The van der Waals surface area contributed by atoms with E-state index in [-0.39, 0.29) is 24.8 Å². The maximum Gasteiger partial charge on any atom is 0.255 e. The molecule has 0 saturated carbocycles. The Bertz CT molecular complexity index is 616. The van der Waals surface area contributed by atoms with Crippen LogP contribution in [0.3, 0.4) is 0 Å². The molecular formula is C13H12N2O4S. The van der Waals surface area contributed by atoms with Gasteiger partial charge < -0.3 is 9.08 Å². The third kappa shape index (κ3) is 1.94. The third-order valence-electron chi connectivity index (χ3n) is 3.64. The highest BCUT2D eigenvalue weighted by Crippen LogP contribution is 2.33. The Morgan fingerprint density at radius 1 is 1.30 bits per heavy atom. The van der Waals surface area contributed by atoms with E-state index < -0.39 is 11.9 Å². The van der Waals surface area contributed by atoms with Gasteiger partial charge in [-0.15, -0.1) is 0 Å². The number of nitrogens with zero attached hydrogens (tertiary/aromatic N) is 1. The van der Waals surface area contributed by atoms with E-state index in [0.29, 0.717) is 17.7 Å². The normalized spacial score (nSPS) is 21.8.